The Morgan fingerprint density at radius 3 is 2.42 bits per heavy atom. The van der Waals surface area contributed by atoms with Crippen molar-refractivity contribution in [1.29, 1.82) is 0 Å². The van der Waals surface area contributed by atoms with E-state index in [-0.39, 0.29) is 5.75 Å². The fourth-order valence-electron chi connectivity index (χ4n) is 3.18. The molecule has 0 saturated heterocycles. The van der Waals surface area contributed by atoms with Crippen LogP contribution in [0.4, 0.5) is 0 Å². The molecule has 0 aromatic heterocycles. The minimum absolute atomic E-state index is 0.262. The van der Waals surface area contributed by atoms with E-state index in [9.17, 15) is 10.2 Å². The maximum atomic E-state index is 10.7. The lowest BCUT2D eigenvalue weighted by atomic mass is 9.88. The molecule has 0 spiro atoms. The first-order valence-electron chi connectivity index (χ1n) is 8.58. The molecule has 0 amide bonds. The Morgan fingerprint density at radius 2 is 1.67 bits per heavy atom. The van der Waals surface area contributed by atoms with Crippen LogP contribution in [-0.4, -0.2) is 16.8 Å². The quantitative estimate of drug-likeness (QED) is 0.768. The molecule has 0 saturated carbocycles. The van der Waals surface area contributed by atoms with Crippen LogP contribution in [0, 0.1) is 0 Å². The van der Waals surface area contributed by atoms with Crippen LogP contribution in [0.25, 0.3) is 11.3 Å². The molecule has 0 unspecified atom stereocenters. The molecule has 126 valence electrons. The Morgan fingerprint density at radius 1 is 0.958 bits per heavy atom. The molecule has 0 atom stereocenters. The second-order valence-corrected chi connectivity index (χ2v) is 6.34. The highest BCUT2D eigenvalue weighted by molar-refractivity contribution is 5.88. The number of aliphatic hydroxyl groups is 1. The van der Waals surface area contributed by atoms with E-state index in [1.807, 2.05) is 31.2 Å². The van der Waals surface area contributed by atoms with Gasteiger partial charge in [-0.15, -0.1) is 0 Å². The van der Waals surface area contributed by atoms with Crippen molar-refractivity contribution in [3.63, 3.8) is 0 Å². The number of rotatable bonds is 4. The normalized spacial score (nSPS) is 13.8. The second kappa shape index (κ2) is 7.00. The highest BCUT2D eigenvalue weighted by atomic mass is 16.5. The summed E-state index contributed by atoms with van der Waals surface area (Å²) in [6, 6.07) is 11.2. The lowest BCUT2D eigenvalue weighted by molar-refractivity contribution is 0.309. The van der Waals surface area contributed by atoms with Gasteiger partial charge in [-0.1, -0.05) is 19.4 Å². The van der Waals surface area contributed by atoms with Crippen molar-refractivity contribution in [2.24, 2.45) is 0 Å². The summed E-state index contributed by atoms with van der Waals surface area (Å²) in [4.78, 5) is 0. The van der Waals surface area contributed by atoms with Crippen molar-refractivity contribution in [2.75, 3.05) is 6.61 Å². The number of unbranched alkanes of at least 4 members (excludes halogenated alkanes) is 1. The summed E-state index contributed by atoms with van der Waals surface area (Å²) in [5, 5.41) is 20.5. The van der Waals surface area contributed by atoms with Crippen LogP contribution >= 0.6 is 0 Å². The first kappa shape index (κ1) is 16.4. The van der Waals surface area contributed by atoms with Gasteiger partial charge in [-0.05, 0) is 78.8 Å². The van der Waals surface area contributed by atoms with Crippen molar-refractivity contribution in [3.8, 4) is 11.5 Å². The van der Waals surface area contributed by atoms with Gasteiger partial charge in [0.1, 0.15) is 17.3 Å². The minimum Gasteiger partial charge on any atom is -0.508 e. The Bertz CT molecular complexity index is 775. The molecule has 0 radical (unpaired) electrons. The Labute approximate surface area is 143 Å². The van der Waals surface area contributed by atoms with E-state index in [2.05, 4.69) is 6.92 Å². The first-order valence-corrected chi connectivity index (χ1v) is 8.58. The average molecular weight is 324 g/mol. The van der Waals surface area contributed by atoms with E-state index in [1.54, 1.807) is 12.1 Å². The number of hydrogen-bond acceptors (Lipinski definition) is 3. The SMILES string of the molecule is CCCCOc1ccc2c(c1)CCc1cc(O)ccc1C(C)=C2O. The zero-order valence-electron chi connectivity index (χ0n) is 14.3. The fourth-order valence-corrected chi connectivity index (χ4v) is 3.18. The van der Waals surface area contributed by atoms with Gasteiger partial charge in [0, 0.05) is 5.56 Å². The predicted octanol–water partition coefficient (Wildman–Crippen LogP) is 5.12. The Balaban J connectivity index is 1.99. The van der Waals surface area contributed by atoms with Gasteiger partial charge in [0.25, 0.3) is 0 Å². The second-order valence-electron chi connectivity index (χ2n) is 6.34. The van der Waals surface area contributed by atoms with Gasteiger partial charge in [0.05, 0.1) is 6.61 Å². The van der Waals surface area contributed by atoms with Crippen molar-refractivity contribution >= 4 is 11.3 Å². The molecule has 24 heavy (non-hydrogen) atoms. The standard InChI is InChI=1S/C21H24O3/c1-3-4-11-24-18-8-10-20-16(13-18)6-5-15-12-17(22)7-9-19(15)14(2)21(20)23/h7-10,12-13,22-23H,3-6,11H2,1-2H3. The lowest BCUT2D eigenvalue weighted by Gasteiger charge is -2.19. The van der Waals surface area contributed by atoms with Gasteiger partial charge in [-0.2, -0.15) is 0 Å². The van der Waals surface area contributed by atoms with E-state index < -0.39 is 0 Å². The van der Waals surface area contributed by atoms with Gasteiger partial charge in [0.15, 0.2) is 0 Å². The summed E-state index contributed by atoms with van der Waals surface area (Å²) in [5.41, 5.74) is 4.84. The topological polar surface area (TPSA) is 49.7 Å². The number of phenols is 1. The molecular formula is C21H24O3. The highest BCUT2D eigenvalue weighted by Gasteiger charge is 2.18. The zero-order valence-corrected chi connectivity index (χ0v) is 14.3. The van der Waals surface area contributed by atoms with Gasteiger partial charge >= 0.3 is 0 Å². The molecule has 2 N–H and O–H groups in total. The molecule has 2 aromatic carbocycles. The van der Waals surface area contributed by atoms with E-state index >= 15 is 0 Å². The van der Waals surface area contributed by atoms with Crippen LogP contribution in [0.15, 0.2) is 36.4 Å². The van der Waals surface area contributed by atoms with Crippen molar-refractivity contribution in [3.05, 3.63) is 58.7 Å². The van der Waals surface area contributed by atoms with Gasteiger partial charge in [-0.3, -0.25) is 0 Å². The third kappa shape index (κ3) is 3.25. The molecule has 1 aliphatic carbocycles. The van der Waals surface area contributed by atoms with Crippen molar-refractivity contribution in [1.82, 2.24) is 0 Å². The van der Waals surface area contributed by atoms with Gasteiger partial charge in [-0.25, -0.2) is 0 Å². The number of ether oxygens (including phenoxy) is 1. The smallest absolute Gasteiger partial charge is 0.126 e. The Kier molecular flexibility index (Phi) is 4.79. The monoisotopic (exact) mass is 324 g/mol. The summed E-state index contributed by atoms with van der Waals surface area (Å²) in [7, 11) is 0. The van der Waals surface area contributed by atoms with Crippen LogP contribution in [-0.2, 0) is 12.8 Å². The molecule has 0 heterocycles. The first-order chi connectivity index (χ1) is 11.6. The van der Waals surface area contributed by atoms with E-state index in [0.717, 1.165) is 59.3 Å². The van der Waals surface area contributed by atoms with Crippen molar-refractivity contribution < 1.29 is 14.9 Å². The fraction of sp³-hybridized carbons (Fsp3) is 0.333. The number of fused-ring (bicyclic) bond motifs is 2. The molecule has 2 aromatic rings. The molecule has 0 aliphatic heterocycles. The van der Waals surface area contributed by atoms with Gasteiger partial charge < -0.3 is 14.9 Å². The summed E-state index contributed by atoms with van der Waals surface area (Å²) in [6.45, 7) is 4.78. The van der Waals surface area contributed by atoms with Crippen LogP contribution in [0.2, 0.25) is 0 Å². The van der Waals surface area contributed by atoms with Crippen LogP contribution in [0.5, 0.6) is 11.5 Å². The number of benzene rings is 2. The average Bonchev–Trinajstić information content (AvgIpc) is 2.58. The maximum Gasteiger partial charge on any atom is 0.126 e. The van der Waals surface area contributed by atoms with E-state index in [1.165, 1.54) is 0 Å². The molecular weight excluding hydrogens is 300 g/mol. The van der Waals surface area contributed by atoms with Crippen LogP contribution < -0.4 is 4.74 Å². The molecule has 0 bridgehead atoms. The largest absolute Gasteiger partial charge is 0.508 e. The van der Waals surface area contributed by atoms with Crippen LogP contribution in [0.1, 0.15) is 48.9 Å². The molecule has 3 rings (SSSR count). The van der Waals surface area contributed by atoms with Crippen LogP contribution in [0.3, 0.4) is 0 Å². The number of aryl methyl sites for hydroxylation is 2. The third-order valence-corrected chi connectivity index (χ3v) is 4.61. The number of phenolic OH excluding ortho intramolecular Hbond substituents is 1. The molecule has 0 fully saturated rings. The predicted molar refractivity (Wildman–Crippen MR) is 97.5 cm³/mol. The number of aliphatic hydroxyl groups excluding tert-OH is 1. The third-order valence-electron chi connectivity index (χ3n) is 4.61. The summed E-state index contributed by atoms with van der Waals surface area (Å²) in [6.07, 6.45) is 3.76. The maximum absolute atomic E-state index is 10.7. The number of aromatic hydroxyl groups is 1. The summed E-state index contributed by atoms with van der Waals surface area (Å²) < 4.78 is 5.80. The van der Waals surface area contributed by atoms with E-state index in [0.29, 0.717) is 12.4 Å². The lowest BCUT2D eigenvalue weighted by Crippen LogP contribution is -2.06. The summed E-state index contributed by atoms with van der Waals surface area (Å²) >= 11 is 0. The van der Waals surface area contributed by atoms with E-state index in [4.69, 9.17) is 4.74 Å². The molecule has 1 aliphatic rings. The zero-order chi connectivity index (χ0) is 17.1. The van der Waals surface area contributed by atoms with Gasteiger partial charge in [0.2, 0.25) is 0 Å². The highest BCUT2D eigenvalue weighted by Crippen LogP contribution is 2.34. The minimum atomic E-state index is 0.262. The molecule has 3 nitrogen and oxygen atoms in total. The molecule has 3 heteroatoms. The number of allylic oxidation sites excluding steroid dienone is 1. The number of hydrogen-bond donors (Lipinski definition) is 2. The van der Waals surface area contributed by atoms with Crippen molar-refractivity contribution in [2.45, 2.75) is 39.5 Å². The summed E-state index contributed by atoms with van der Waals surface area (Å²) in [5.74, 6) is 1.42. The Hall–Kier alpha value is -2.42.